The highest BCUT2D eigenvalue weighted by Crippen LogP contribution is 2.33. The van der Waals surface area contributed by atoms with Gasteiger partial charge in [0.25, 0.3) is 0 Å². The van der Waals surface area contributed by atoms with E-state index in [4.69, 9.17) is 10.00 Å². The van der Waals surface area contributed by atoms with Crippen molar-refractivity contribution in [3.8, 4) is 17.6 Å². The molecular formula is C17H9F2NO. The predicted molar refractivity (Wildman–Crippen MR) is 75.1 cm³/mol. The summed E-state index contributed by atoms with van der Waals surface area (Å²) in [4.78, 5) is 0. The van der Waals surface area contributed by atoms with E-state index in [2.05, 4.69) is 6.07 Å². The van der Waals surface area contributed by atoms with Gasteiger partial charge in [0.1, 0.15) is 5.75 Å². The molecule has 4 heteroatoms. The van der Waals surface area contributed by atoms with Gasteiger partial charge in [0.2, 0.25) is 5.82 Å². The molecule has 0 spiro atoms. The van der Waals surface area contributed by atoms with Crippen LogP contribution in [0.5, 0.6) is 11.5 Å². The zero-order chi connectivity index (χ0) is 14.8. The number of hydrogen-bond acceptors (Lipinski definition) is 2. The van der Waals surface area contributed by atoms with Crippen LogP contribution in [0.25, 0.3) is 10.8 Å². The lowest BCUT2D eigenvalue weighted by Gasteiger charge is -2.10. The Morgan fingerprint density at radius 1 is 0.810 bits per heavy atom. The first-order valence-corrected chi connectivity index (χ1v) is 6.24. The molecule has 0 radical (unpaired) electrons. The number of nitriles is 1. The molecule has 0 fully saturated rings. The Morgan fingerprint density at radius 2 is 1.57 bits per heavy atom. The molecule has 0 saturated carbocycles. The van der Waals surface area contributed by atoms with Gasteiger partial charge in [-0.05, 0) is 24.3 Å². The highest BCUT2D eigenvalue weighted by atomic mass is 19.2. The van der Waals surface area contributed by atoms with Crippen molar-refractivity contribution in [3.05, 3.63) is 71.8 Å². The Hall–Kier alpha value is -2.93. The van der Waals surface area contributed by atoms with Crippen LogP contribution in [0, 0.1) is 23.0 Å². The molecule has 0 aliphatic heterocycles. The van der Waals surface area contributed by atoms with Crippen LogP contribution in [0.3, 0.4) is 0 Å². The largest absolute Gasteiger partial charge is 0.454 e. The molecule has 0 saturated heterocycles. The first-order chi connectivity index (χ1) is 10.2. The van der Waals surface area contributed by atoms with E-state index < -0.39 is 11.6 Å². The highest BCUT2D eigenvalue weighted by Gasteiger charge is 2.12. The quantitative estimate of drug-likeness (QED) is 0.677. The third-order valence-electron chi connectivity index (χ3n) is 3.14. The van der Waals surface area contributed by atoms with Crippen molar-refractivity contribution < 1.29 is 13.5 Å². The van der Waals surface area contributed by atoms with E-state index in [-0.39, 0.29) is 5.75 Å². The van der Waals surface area contributed by atoms with Gasteiger partial charge in [-0.1, -0.05) is 30.3 Å². The van der Waals surface area contributed by atoms with Gasteiger partial charge in [-0.3, -0.25) is 0 Å². The lowest BCUT2D eigenvalue weighted by Crippen LogP contribution is -1.93. The second kappa shape index (κ2) is 5.22. The second-order valence-corrected chi connectivity index (χ2v) is 4.42. The van der Waals surface area contributed by atoms with Crippen molar-refractivity contribution in [2.45, 2.75) is 0 Å². The minimum Gasteiger partial charge on any atom is -0.454 e. The van der Waals surface area contributed by atoms with Crippen LogP contribution < -0.4 is 4.74 Å². The van der Waals surface area contributed by atoms with Crippen molar-refractivity contribution in [2.24, 2.45) is 0 Å². The van der Waals surface area contributed by atoms with Crippen molar-refractivity contribution in [2.75, 3.05) is 0 Å². The molecule has 21 heavy (non-hydrogen) atoms. The Morgan fingerprint density at radius 3 is 2.33 bits per heavy atom. The summed E-state index contributed by atoms with van der Waals surface area (Å²) in [6.07, 6.45) is 0. The summed E-state index contributed by atoms with van der Waals surface area (Å²) in [6.45, 7) is 0. The molecule has 0 aliphatic rings. The van der Waals surface area contributed by atoms with Crippen molar-refractivity contribution in [1.82, 2.24) is 0 Å². The summed E-state index contributed by atoms with van der Waals surface area (Å²) in [7, 11) is 0. The number of fused-ring (bicyclic) bond motifs is 1. The van der Waals surface area contributed by atoms with E-state index in [0.29, 0.717) is 22.1 Å². The fraction of sp³-hybridized carbons (Fsp3) is 0. The topological polar surface area (TPSA) is 33.0 Å². The lowest BCUT2D eigenvalue weighted by atomic mass is 10.0. The van der Waals surface area contributed by atoms with Gasteiger partial charge in [-0.2, -0.15) is 9.65 Å². The maximum Gasteiger partial charge on any atom is 0.201 e. The van der Waals surface area contributed by atoms with Gasteiger partial charge in [-0.25, -0.2) is 4.39 Å². The maximum absolute atomic E-state index is 13.7. The van der Waals surface area contributed by atoms with Crippen LogP contribution in [0.1, 0.15) is 5.56 Å². The van der Waals surface area contributed by atoms with Gasteiger partial charge in [-0.15, -0.1) is 0 Å². The van der Waals surface area contributed by atoms with E-state index in [1.54, 1.807) is 36.4 Å². The Kier molecular flexibility index (Phi) is 3.25. The van der Waals surface area contributed by atoms with Crippen LogP contribution in [0.2, 0.25) is 0 Å². The number of rotatable bonds is 2. The number of halogens is 2. The summed E-state index contributed by atoms with van der Waals surface area (Å²) in [5, 5.41) is 10.5. The second-order valence-electron chi connectivity index (χ2n) is 4.42. The van der Waals surface area contributed by atoms with E-state index in [9.17, 15) is 8.78 Å². The SMILES string of the molecule is N#Cc1ccc(Oc2cccc(F)c2F)c2ccccc12. The normalized spacial score (nSPS) is 10.3. The lowest BCUT2D eigenvalue weighted by molar-refractivity contribution is 0.419. The molecule has 0 bridgehead atoms. The van der Waals surface area contributed by atoms with Crippen molar-refractivity contribution >= 4 is 10.8 Å². The standard InChI is InChI=1S/C17H9F2NO/c18-14-6-3-7-16(17(14)19)21-15-9-8-11(10-20)12-4-1-2-5-13(12)15/h1-9H. The van der Waals surface area contributed by atoms with Crippen molar-refractivity contribution in [3.63, 3.8) is 0 Å². The van der Waals surface area contributed by atoms with Crippen LogP contribution in [0.4, 0.5) is 8.78 Å². The van der Waals surface area contributed by atoms with E-state index >= 15 is 0 Å². The Labute approximate surface area is 119 Å². The van der Waals surface area contributed by atoms with Crippen LogP contribution >= 0.6 is 0 Å². The van der Waals surface area contributed by atoms with E-state index in [1.807, 2.05) is 0 Å². The van der Waals surface area contributed by atoms with E-state index in [1.165, 1.54) is 12.1 Å². The smallest absolute Gasteiger partial charge is 0.201 e. The fourth-order valence-electron chi connectivity index (χ4n) is 2.14. The molecule has 0 N–H and O–H groups in total. The summed E-state index contributed by atoms with van der Waals surface area (Å²) < 4.78 is 32.4. The zero-order valence-corrected chi connectivity index (χ0v) is 10.8. The molecule has 2 nitrogen and oxygen atoms in total. The molecular weight excluding hydrogens is 272 g/mol. The molecule has 3 aromatic rings. The van der Waals surface area contributed by atoms with Gasteiger partial charge in [0, 0.05) is 10.8 Å². The zero-order valence-electron chi connectivity index (χ0n) is 10.8. The number of benzene rings is 3. The summed E-state index contributed by atoms with van der Waals surface area (Å²) in [5.74, 6) is -1.82. The fourth-order valence-corrected chi connectivity index (χ4v) is 2.14. The van der Waals surface area contributed by atoms with E-state index in [0.717, 1.165) is 6.07 Å². The molecule has 0 aliphatic carbocycles. The average molecular weight is 281 g/mol. The molecule has 102 valence electrons. The molecule has 0 amide bonds. The van der Waals surface area contributed by atoms with Crippen molar-refractivity contribution in [1.29, 1.82) is 5.26 Å². The first kappa shape index (κ1) is 13.1. The third kappa shape index (κ3) is 2.30. The van der Waals surface area contributed by atoms with Gasteiger partial charge in [0.15, 0.2) is 11.6 Å². The Balaban J connectivity index is 2.14. The predicted octanol–water partition coefficient (Wildman–Crippen LogP) is 4.78. The monoisotopic (exact) mass is 281 g/mol. The Bertz CT molecular complexity index is 868. The molecule has 0 unspecified atom stereocenters. The van der Waals surface area contributed by atoms with Gasteiger partial charge < -0.3 is 4.74 Å². The third-order valence-corrected chi connectivity index (χ3v) is 3.14. The number of nitrogens with zero attached hydrogens (tertiary/aromatic N) is 1. The minimum absolute atomic E-state index is 0.190. The molecule has 0 aromatic heterocycles. The van der Waals surface area contributed by atoms with Gasteiger partial charge >= 0.3 is 0 Å². The summed E-state index contributed by atoms with van der Waals surface area (Å²) in [5.41, 5.74) is 0.498. The first-order valence-electron chi connectivity index (χ1n) is 6.24. The molecule has 0 atom stereocenters. The summed E-state index contributed by atoms with van der Waals surface area (Å²) in [6, 6.07) is 16.2. The summed E-state index contributed by atoms with van der Waals surface area (Å²) >= 11 is 0. The number of hydrogen-bond donors (Lipinski definition) is 0. The maximum atomic E-state index is 13.7. The van der Waals surface area contributed by atoms with Crippen LogP contribution in [0.15, 0.2) is 54.6 Å². The molecule has 3 aromatic carbocycles. The highest BCUT2D eigenvalue weighted by molar-refractivity contribution is 5.92. The minimum atomic E-state index is -1.04. The van der Waals surface area contributed by atoms with Crippen LogP contribution in [-0.4, -0.2) is 0 Å². The molecule has 0 heterocycles. The van der Waals surface area contributed by atoms with Crippen LogP contribution in [-0.2, 0) is 0 Å². The number of ether oxygens (including phenoxy) is 1. The molecule has 3 rings (SSSR count). The average Bonchev–Trinajstić information content (AvgIpc) is 2.52. The van der Waals surface area contributed by atoms with Gasteiger partial charge in [0.05, 0.1) is 11.6 Å².